The van der Waals surface area contributed by atoms with Gasteiger partial charge in [0, 0.05) is 26.2 Å². The number of hydrogen-bond acceptors (Lipinski definition) is 5. The largest absolute Gasteiger partial charge is 0.338 e. The summed E-state index contributed by atoms with van der Waals surface area (Å²) in [5.74, 6) is -1.51. The number of fused-ring (bicyclic) bond motifs is 1. The summed E-state index contributed by atoms with van der Waals surface area (Å²) in [6.45, 7) is 2.83. The zero-order chi connectivity index (χ0) is 18.8. The predicted molar refractivity (Wildman–Crippen MR) is 89.8 cm³/mol. The number of carbonyl (C=O) groups is 4. The van der Waals surface area contributed by atoms with Crippen LogP contribution in [0.25, 0.3) is 0 Å². The SMILES string of the molecule is CC(C(=O)N1CCN(C(=O)CC#N)CC1)N1C(=O)c2ccccc2C1=O. The van der Waals surface area contributed by atoms with Crippen molar-refractivity contribution in [1.29, 1.82) is 5.26 Å². The lowest BCUT2D eigenvalue weighted by atomic mass is 10.1. The second-order valence-electron chi connectivity index (χ2n) is 6.24. The Kier molecular flexibility index (Phi) is 4.71. The van der Waals surface area contributed by atoms with E-state index in [0.29, 0.717) is 37.3 Å². The first-order valence-corrected chi connectivity index (χ1v) is 8.36. The molecule has 2 heterocycles. The van der Waals surface area contributed by atoms with Gasteiger partial charge in [-0.25, -0.2) is 0 Å². The fourth-order valence-corrected chi connectivity index (χ4v) is 3.29. The van der Waals surface area contributed by atoms with Crippen molar-refractivity contribution in [2.45, 2.75) is 19.4 Å². The van der Waals surface area contributed by atoms with Crippen LogP contribution in [0.2, 0.25) is 0 Å². The van der Waals surface area contributed by atoms with E-state index < -0.39 is 17.9 Å². The van der Waals surface area contributed by atoms with Gasteiger partial charge in [-0.15, -0.1) is 0 Å². The van der Waals surface area contributed by atoms with Gasteiger partial charge in [-0.2, -0.15) is 5.26 Å². The number of carbonyl (C=O) groups excluding carboxylic acids is 4. The average Bonchev–Trinajstić information content (AvgIpc) is 2.92. The molecule has 1 atom stereocenters. The van der Waals surface area contributed by atoms with E-state index in [1.165, 1.54) is 6.92 Å². The number of benzene rings is 1. The smallest absolute Gasteiger partial charge is 0.262 e. The first-order chi connectivity index (χ1) is 12.5. The first kappa shape index (κ1) is 17.6. The van der Waals surface area contributed by atoms with Crippen molar-refractivity contribution < 1.29 is 19.2 Å². The quantitative estimate of drug-likeness (QED) is 0.725. The van der Waals surface area contributed by atoms with Gasteiger partial charge in [-0.05, 0) is 19.1 Å². The Bertz CT molecular complexity index is 786. The maximum absolute atomic E-state index is 12.8. The molecule has 26 heavy (non-hydrogen) atoms. The lowest BCUT2D eigenvalue weighted by Crippen LogP contribution is -2.56. The molecule has 2 aliphatic heterocycles. The minimum Gasteiger partial charge on any atom is -0.338 e. The van der Waals surface area contributed by atoms with E-state index in [0.717, 1.165) is 4.90 Å². The zero-order valence-corrected chi connectivity index (χ0v) is 14.3. The van der Waals surface area contributed by atoms with Crippen LogP contribution in [0.1, 0.15) is 34.1 Å². The maximum atomic E-state index is 12.8. The van der Waals surface area contributed by atoms with E-state index in [2.05, 4.69) is 0 Å². The standard InChI is InChI=1S/C18H18N4O4/c1-12(22-17(25)13-4-2-3-5-14(13)18(22)26)16(24)21-10-8-20(9-11-21)15(23)6-7-19/h2-5,12H,6,8-11H2,1H3. The molecule has 0 N–H and O–H groups in total. The molecule has 3 rings (SSSR count). The molecule has 134 valence electrons. The highest BCUT2D eigenvalue weighted by molar-refractivity contribution is 6.22. The zero-order valence-electron chi connectivity index (χ0n) is 14.3. The Balaban J connectivity index is 1.67. The van der Waals surface area contributed by atoms with Gasteiger partial charge < -0.3 is 9.80 Å². The van der Waals surface area contributed by atoms with Crippen molar-refractivity contribution in [1.82, 2.24) is 14.7 Å². The van der Waals surface area contributed by atoms with Crippen molar-refractivity contribution in [2.75, 3.05) is 26.2 Å². The molecule has 1 unspecified atom stereocenters. The number of amides is 4. The van der Waals surface area contributed by atoms with Crippen LogP contribution < -0.4 is 0 Å². The molecule has 0 saturated carbocycles. The second kappa shape index (κ2) is 6.96. The highest BCUT2D eigenvalue weighted by atomic mass is 16.2. The summed E-state index contributed by atoms with van der Waals surface area (Å²) >= 11 is 0. The third kappa shape index (κ3) is 2.92. The van der Waals surface area contributed by atoms with E-state index in [9.17, 15) is 19.2 Å². The van der Waals surface area contributed by atoms with Crippen molar-refractivity contribution in [3.05, 3.63) is 35.4 Å². The highest BCUT2D eigenvalue weighted by Gasteiger charge is 2.42. The topological polar surface area (TPSA) is 102 Å². The lowest BCUT2D eigenvalue weighted by Gasteiger charge is -2.36. The summed E-state index contributed by atoms with van der Waals surface area (Å²) in [7, 11) is 0. The number of nitriles is 1. The van der Waals surface area contributed by atoms with Gasteiger partial charge in [0.1, 0.15) is 12.5 Å². The molecule has 0 aliphatic carbocycles. The summed E-state index contributed by atoms with van der Waals surface area (Å²) in [5.41, 5.74) is 0.619. The summed E-state index contributed by atoms with van der Waals surface area (Å²) < 4.78 is 0. The maximum Gasteiger partial charge on any atom is 0.262 e. The summed E-state index contributed by atoms with van der Waals surface area (Å²) in [6.07, 6.45) is -0.181. The molecule has 4 amide bonds. The van der Waals surface area contributed by atoms with Crippen LogP contribution in [0.15, 0.2) is 24.3 Å². The second-order valence-corrected chi connectivity index (χ2v) is 6.24. The predicted octanol–water partition coefficient (Wildman–Crippen LogP) is 0.256. The molecular weight excluding hydrogens is 336 g/mol. The van der Waals surface area contributed by atoms with E-state index in [1.54, 1.807) is 34.1 Å². The van der Waals surface area contributed by atoms with E-state index in [4.69, 9.17) is 5.26 Å². The first-order valence-electron chi connectivity index (χ1n) is 8.36. The number of imide groups is 1. The monoisotopic (exact) mass is 354 g/mol. The van der Waals surface area contributed by atoms with Crippen LogP contribution in [-0.2, 0) is 9.59 Å². The summed E-state index contributed by atoms with van der Waals surface area (Å²) in [5, 5.41) is 8.59. The molecule has 1 aromatic rings. The van der Waals surface area contributed by atoms with Crippen LogP contribution in [0.3, 0.4) is 0 Å². The minimum absolute atomic E-state index is 0.181. The van der Waals surface area contributed by atoms with E-state index in [-0.39, 0.29) is 18.2 Å². The Labute approximate surface area is 150 Å². The highest BCUT2D eigenvalue weighted by Crippen LogP contribution is 2.25. The molecular formula is C18H18N4O4. The molecule has 8 nitrogen and oxygen atoms in total. The molecule has 1 aromatic carbocycles. The molecule has 0 spiro atoms. The van der Waals surface area contributed by atoms with Gasteiger partial charge in [0.15, 0.2) is 0 Å². The van der Waals surface area contributed by atoms with Gasteiger partial charge in [0.2, 0.25) is 11.8 Å². The molecule has 8 heteroatoms. The summed E-state index contributed by atoms with van der Waals surface area (Å²) in [6, 6.07) is 7.41. The van der Waals surface area contributed by atoms with Gasteiger partial charge in [0.05, 0.1) is 17.2 Å². The molecule has 0 bridgehead atoms. The molecule has 1 saturated heterocycles. The van der Waals surface area contributed by atoms with E-state index >= 15 is 0 Å². The van der Waals surface area contributed by atoms with Crippen molar-refractivity contribution in [3.8, 4) is 6.07 Å². The molecule has 1 fully saturated rings. The van der Waals surface area contributed by atoms with Gasteiger partial charge in [0.25, 0.3) is 11.8 Å². The third-order valence-corrected chi connectivity index (χ3v) is 4.74. The third-order valence-electron chi connectivity index (χ3n) is 4.74. The number of piperazine rings is 1. The molecule has 2 aliphatic rings. The van der Waals surface area contributed by atoms with Gasteiger partial charge in [-0.3, -0.25) is 24.1 Å². The lowest BCUT2D eigenvalue weighted by molar-refractivity contribution is -0.141. The van der Waals surface area contributed by atoms with Crippen LogP contribution in [0.4, 0.5) is 0 Å². The Morgan fingerprint density at radius 1 is 1.04 bits per heavy atom. The van der Waals surface area contributed by atoms with Crippen LogP contribution in [-0.4, -0.2) is 70.5 Å². The van der Waals surface area contributed by atoms with Gasteiger partial charge in [-0.1, -0.05) is 12.1 Å². The van der Waals surface area contributed by atoms with Crippen LogP contribution >= 0.6 is 0 Å². The van der Waals surface area contributed by atoms with Crippen LogP contribution in [0.5, 0.6) is 0 Å². The fraction of sp³-hybridized carbons (Fsp3) is 0.389. The van der Waals surface area contributed by atoms with Crippen molar-refractivity contribution in [3.63, 3.8) is 0 Å². The van der Waals surface area contributed by atoms with E-state index in [1.807, 2.05) is 6.07 Å². The number of hydrogen-bond donors (Lipinski definition) is 0. The minimum atomic E-state index is -0.913. The van der Waals surface area contributed by atoms with Crippen molar-refractivity contribution >= 4 is 23.6 Å². The normalized spacial score (nSPS) is 17.8. The Morgan fingerprint density at radius 2 is 1.54 bits per heavy atom. The number of rotatable bonds is 3. The number of nitrogens with zero attached hydrogens (tertiary/aromatic N) is 4. The van der Waals surface area contributed by atoms with Crippen molar-refractivity contribution in [2.24, 2.45) is 0 Å². The average molecular weight is 354 g/mol. The summed E-state index contributed by atoms with van der Waals surface area (Å²) in [4.78, 5) is 53.6. The Morgan fingerprint density at radius 3 is 2.04 bits per heavy atom. The van der Waals surface area contributed by atoms with Crippen LogP contribution in [0, 0.1) is 11.3 Å². The molecule has 0 aromatic heterocycles. The fourth-order valence-electron chi connectivity index (χ4n) is 3.29. The molecule has 0 radical (unpaired) electrons. The Hall–Kier alpha value is -3.21. The van der Waals surface area contributed by atoms with Gasteiger partial charge >= 0.3 is 0 Å².